The number of aromatic nitrogens is 2. The van der Waals surface area contributed by atoms with E-state index in [-0.39, 0.29) is 0 Å². The Bertz CT molecular complexity index is 550. The average Bonchev–Trinajstić information content (AvgIpc) is 2.67. The van der Waals surface area contributed by atoms with Crippen LogP contribution in [0.25, 0.3) is 0 Å². The Morgan fingerprint density at radius 1 is 1.50 bits per heavy atom. The number of para-hydroxylation sites is 1. The van der Waals surface area contributed by atoms with Crippen molar-refractivity contribution in [1.82, 2.24) is 9.78 Å². The average molecular weight is 213 g/mol. The second-order valence-corrected chi connectivity index (χ2v) is 3.41. The van der Waals surface area contributed by atoms with Gasteiger partial charge in [-0.05, 0) is 12.1 Å². The van der Waals surface area contributed by atoms with Crippen LogP contribution in [0, 0.1) is 11.3 Å². The molecule has 0 aliphatic carbocycles. The standard InChI is InChI=1S/C11H11N5/c1-16-7-9(6-14-16)15-10-4-2-3-8(5-12)11(10)13/h2-4,6-7,15H,13H2,1H3. The van der Waals surface area contributed by atoms with Gasteiger partial charge in [-0.25, -0.2) is 0 Å². The van der Waals surface area contributed by atoms with Crippen LogP contribution in [0.4, 0.5) is 17.1 Å². The lowest BCUT2D eigenvalue weighted by molar-refractivity contribution is 0.768. The minimum absolute atomic E-state index is 0.453. The van der Waals surface area contributed by atoms with Gasteiger partial charge in [-0.1, -0.05) is 6.07 Å². The van der Waals surface area contributed by atoms with E-state index < -0.39 is 0 Å². The monoisotopic (exact) mass is 213 g/mol. The van der Waals surface area contributed by atoms with E-state index in [9.17, 15) is 0 Å². The molecule has 1 aromatic heterocycles. The van der Waals surface area contributed by atoms with E-state index in [0.717, 1.165) is 5.69 Å². The van der Waals surface area contributed by atoms with Gasteiger partial charge in [0.05, 0.1) is 28.8 Å². The van der Waals surface area contributed by atoms with Crippen LogP contribution in [0.5, 0.6) is 0 Å². The molecule has 0 atom stereocenters. The van der Waals surface area contributed by atoms with Crippen LogP contribution in [0.15, 0.2) is 30.6 Å². The minimum atomic E-state index is 0.453. The van der Waals surface area contributed by atoms with Crippen molar-refractivity contribution < 1.29 is 0 Å². The third kappa shape index (κ3) is 1.81. The van der Waals surface area contributed by atoms with Crippen LogP contribution in [0.1, 0.15) is 5.56 Å². The Balaban J connectivity index is 2.32. The van der Waals surface area contributed by atoms with Gasteiger partial charge >= 0.3 is 0 Å². The molecule has 0 amide bonds. The molecule has 5 nitrogen and oxygen atoms in total. The lowest BCUT2D eigenvalue weighted by Gasteiger charge is -2.07. The molecule has 3 N–H and O–H groups in total. The maximum atomic E-state index is 8.84. The lowest BCUT2D eigenvalue weighted by Crippen LogP contribution is -1.98. The molecule has 0 unspecified atom stereocenters. The number of hydrogen-bond acceptors (Lipinski definition) is 4. The Labute approximate surface area is 93.1 Å². The summed E-state index contributed by atoms with van der Waals surface area (Å²) in [5.74, 6) is 0. The van der Waals surface area contributed by atoms with Crippen LogP contribution in [0.3, 0.4) is 0 Å². The summed E-state index contributed by atoms with van der Waals surface area (Å²) in [5, 5.41) is 16.0. The number of nitriles is 1. The zero-order valence-electron chi connectivity index (χ0n) is 8.81. The van der Waals surface area contributed by atoms with Crippen molar-refractivity contribution in [3.05, 3.63) is 36.2 Å². The molecule has 0 radical (unpaired) electrons. The maximum absolute atomic E-state index is 8.84. The Morgan fingerprint density at radius 3 is 2.94 bits per heavy atom. The van der Waals surface area contributed by atoms with E-state index in [1.807, 2.05) is 25.4 Å². The number of nitrogens with two attached hydrogens (primary N) is 1. The largest absolute Gasteiger partial charge is 0.396 e. The van der Waals surface area contributed by atoms with Gasteiger partial charge in [0, 0.05) is 13.2 Å². The normalized spacial score (nSPS) is 9.75. The number of nitrogens with zero attached hydrogens (tertiary/aromatic N) is 3. The first-order valence-electron chi connectivity index (χ1n) is 4.75. The summed E-state index contributed by atoms with van der Waals surface area (Å²) in [6, 6.07) is 7.33. The van der Waals surface area contributed by atoms with Crippen LogP contribution < -0.4 is 11.1 Å². The molecule has 0 saturated heterocycles. The van der Waals surface area contributed by atoms with Gasteiger partial charge in [0.2, 0.25) is 0 Å². The van der Waals surface area contributed by atoms with Gasteiger partial charge in [-0.2, -0.15) is 10.4 Å². The second kappa shape index (κ2) is 3.95. The van der Waals surface area contributed by atoms with Crippen molar-refractivity contribution in [1.29, 1.82) is 5.26 Å². The molecule has 0 fully saturated rings. The number of anilines is 3. The number of benzene rings is 1. The van der Waals surface area contributed by atoms with E-state index in [0.29, 0.717) is 16.9 Å². The lowest BCUT2D eigenvalue weighted by atomic mass is 10.1. The molecule has 2 rings (SSSR count). The summed E-state index contributed by atoms with van der Waals surface area (Å²) in [7, 11) is 1.83. The zero-order chi connectivity index (χ0) is 11.5. The van der Waals surface area contributed by atoms with Gasteiger partial charge in [0.1, 0.15) is 6.07 Å². The van der Waals surface area contributed by atoms with E-state index in [4.69, 9.17) is 11.0 Å². The molecule has 0 bridgehead atoms. The first kappa shape index (κ1) is 10.1. The van der Waals surface area contributed by atoms with E-state index in [2.05, 4.69) is 10.4 Å². The zero-order valence-corrected chi connectivity index (χ0v) is 8.81. The van der Waals surface area contributed by atoms with Crippen molar-refractivity contribution in [2.75, 3.05) is 11.1 Å². The quantitative estimate of drug-likeness (QED) is 0.743. The van der Waals surface area contributed by atoms with Crippen molar-refractivity contribution in [3.63, 3.8) is 0 Å². The highest BCUT2D eigenvalue weighted by Gasteiger charge is 2.05. The van der Waals surface area contributed by atoms with Crippen LogP contribution in [-0.2, 0) is 7.05 Å². The molecule has 16 heavy (non-hydrogen) atoms. The molecule has 0 spiro atoms. The molecule has 80 valence electrons. The molecule has 1 aromatic carbocycles. The summed E-state index contributed by atoms with van der Waals surface area (Å²) in [5.41, 5.74) is 8.31. The maximum Gasteiger partial charge on any atom is 0.101 e. The molecular weight excluding hydrogens is 202 g/mol. The first-order chi connectivity index (χ1) is 7.70. The third-order valence-electron chi connectivity index (χ3n) is 2.21. The highest BCUT2D eigenvalue weighted by molar-refractivity contribution is 5.76. The fraction of sp³-hybridized carbons (Fsp3) is 0.0909. The second-order valence-electron chi connectivity index (χ2n) is 3.41. The Kier molecular flexibility index (Phi) is 2.48. The smallest absolute Gasteiger partial charge is 0.101 e. The molecule has 0 aliphatic heterocycles. The number of nitrogen functional groups attached to an aromatic ring is 1. The predicted octanol–water partition coefficient (Wildman–Crippen LogP) is 1.62. The van der Waals surface area contributed by atoms with Crippen molar-refractivity contribution >= 4 is 17.1 Å². The first-order valence-corrected chi connectivity index (χ1v) is 4.75. The summed E-state index contributed by atoms with van der Waals surface area (Å²) < 4.78 is 1.69. The van der Waals surface area contributed by atoms with Crippen molar-refractivity contribution in [3.8, 4) is 6.07 Å². The van der Waals surface area contributed by atoms with Crippen molar-refractivity contribution in [2.45, 2.75) is 0 Å². The SMILES string of the molecule is Cn1cc(Nc2cccc(C#N)c2N)cn1. The van der Waals surface area contributed by atoms with Crippen LogP contribution >= 0.6 is 0 Å². The van der Waals surface area contributed by atoms with Gasteiger partial charge in [0.25, 0.3) is 0 Å². The highest BCUT2D eigenvalue weighted by Crippen LogP contribution is 2.25. The molecule has 5 heteroatoms. The molecule has 2 aromatic rings. The summed E-state index contributed by atoms with van der Waals surface area (Å²) >= 11 is 0. The van der Waals surface area contributed by atoms with E-state index in [1.54, 1.807) is 23.0 Å². The summed E-state index contributed by atoms with van der Waals surface area (Å²) in [6.45, 7) is 0. The van der Waals surface area contributed by atoms with Crippen molar-refractivity contribution in [2.24, 2.45) is 7.05 Å². The molecule has 0 saturated carbocycles. The molecule has 0 aliphatic rings. The fourth-order valence-electron chi connectivity index (χ4n) is 1.41. The Hall–Kier alpha value is -2.48. The minimum Gasteiger partial charge on any atom is -0.396 e. The van der Waals surface area contributed by atoms with Crippen LogP contribution in [0.2, 0.25) is 0 Å². The summed E-state index contributed by atoms with van der Waals surface area (Å²) in [4.78, 5) is 0. The van der Waals surface area contributed by atoms with E-state index in [1.165, 1.54) is 0 Å². The van der Waals surface area contributed by atoms with Gasteiger partial charge < -0.3 is 11.1 Å². The topological polar surface area (TPSA) is 79.7 Å². The molecular formula is C11H11N5. The highest BCUT2D eigenvalue weighted by atomic mass is 15.3. The predicted molar refractivity (Wildman–Crippen MR) is 62.1 cm³/mol. The Morgan fingerprint density at radius 2 is 2.31 bits per heavy atom. The van der Waals surface area contributed by atoms with Crippen LogP contribution in [-0.4, -0.2) is 9.78 Å². The molecule has 1 heterocycles. The number of aryl methyl sites for hydroxylation is 1. The number of rotatable bonds is 2. The van der Waals surface area contributed by atoms with E-state index >= 15 is 0 Å². The number of hydrogen-bond donors (Lipinski definition) is 2. The third-order valence-corrected chi connectivity index (χ3v) is 2.21. The number of nitrogens with one attached hydrogen (secondary N) is 1. The van der Waals surface area contributed by atoms with Gasteiger partial charge in [0.15, 0.2) is 0 Å². The van der Waals surface area contributed by atoms with Gasteiger partial charge in [-0.15, -0.1) is 0 Å². The van der Waals surface area contributed by atoms with Gasteiger partial charge in [-0.3, -0.25) is 4.68 Å². The fourth-order valence-corrected chi connectivity index (χ4v) is 1.41. The summed E-state index contributed by atoms with van der Waals surface area (Å²) in [6.07, 6.45) is 3.52.